The molecule has 3 N–H and O–H groups in total. The van der Waals surface area contributed by atoms with Crippen molar-refractivity contribution in [2.24, 2.45) is 0 Å². The summed E-state index contributed by atoms with van der Waals surface area (Å²) in [5, 5.41) is 13.9. The van der Waals surface area contributed by atoms with E-state index in [1.807, 2.05) is 27.2 Å². The molecule has 0 aliphatic heterocycles. The first-order valence-electron chi connectivity index (χ1n) is 35.2. The Morgan fingerprint density at radius 1 is 0.418 bits per heavy atom. The van der Waals surface area contributed by atoms with Crippen LogP contribution in [-0.2, 0) is 18.4 Å². The number of rotatable bonds is 66. The van der Waals surface area contributed by atoms with Crippen molar-refractivity contribution in [2.75, 3.05) is 40.9 Å². The molecule has 9 heteroatoms. The number of hydrogen-bond donors (Lipinski definition) is 3. The normalized spacial score (nSPS) is 13.8. The van der Waals surface area contributed by atoms with Crippen LogP contribution in [0.2, 0.25) is 0 Å². The van der Waals surface area contributed by atoms with Crippen molar-refractivity contribution in [1.82, 2.24) is 5.32 Å². The fraction of sp³-hybridized carbons (Fsp3) is 0.929. The molecule has 470 valence electrons. The van der Waals surface area contributed by atoms with Crippen molar-refractivity contribution < 1.29 is 32.9 Å². The van der Waals surface area contributed by atoms with E-state index in [9.17, 15) is 19.4 Å². The van der Waals surface area contributed by atoms with E-state index in [2.05, 4.69) is 31.3 Å². The lowest BCUT2D eigenvalue weighted by molar-refractivity contribution is -0.870. The predicted octanol–water partition coefficient (Wildman–Crippen LogP) is 22.3. The summed E-state index contributed by atoms with van der Waals surface area (Å²) in [5.74, 6) is -0.179. The number of carbonyl (C=O) groups excluding carboxylic acids is 1. The van der Waals surface area contributed by atoms with Gasteiger partial charge in [0.25, 0.3) is 0 Å². The van der Waals surface area contributed by atoms with Gasteiger partial charge < -0.3 is 19.8 Å². The van der Waals surface area contributed by atoms with Gasteiger partial charge in [-0.25, -0.2) is 4.57 Å². The monoisotopic (exact) mass is 1140 g/mol. The minimum Gasteiger partial charge on any atom is -0.387 e. The Kier molecular flexibility index (Phi) is 60.7. The fourth-order valence-corrected chi connectivity index (χ4v) is 11.7. The van der Waals surface area contributed by atoms with Crippen LogP contribution in [0.15, 0.2) is 24.3 Å². The maximum atomic E-state index is 13.0. The number of nitrogens with one attached hydrogen (secondary N) is 1. The molecule has 0 heterocycles. The zero-order valence-corrected chi connectivity index (χ0v) is 54.8. The number of aliphatic hydroxyl groups is 1. The average Bonchev–Trinajstić information content (AvgIpc) is 3.42. The third-order valence-corrected chi connectivity index (χ3v) is 17.4. The summed E-state index contributed by atoms with van der Waals surface area (Å²) in [6, 6.07) is -0.861. The highest BCUT2D eigenvalue weighted by Crippen LogP contribution is 2.43. The number of aliphatic hydroxyl groups excluding tert-OH is 1. The summed E-state index contributed by atoms with van der Waals surface area (Å²) in [7, 11) is 1.57. The average molecular weight is 1140 g/mol. The molecule has 1 amide bonds. The van der Waals surface area contributed by atoms with E-state index in [0.717, 1.165) is 38.5 Å². The van der Waals surface area contributed by atoms with E-state index in [0.29, 0.717) is 17.4 Å². The van der Waals surface area contributed by atoms with Crippen LogP contribution in [0.25, 0.3) is 0 Å². The highest BCUT2D eigenvalue weighted by Gasteiger charge is 2.28. The van der Waals surface area contributed by atoms with E-state index in [1.165, 1.54) is 308 Å². The topological polar surface area (TPSA) is 105 Å². The molecule has 79 heavy (non-hydrogen) atoms. The second-order valence-corrected chi connectivity index (χ2v) is 27.1. The molecule has 3 atom stereocenters. The number of likely N-dealkylation sites (N-methyl/N-ethyl adjacent to an activating group) is 1. The van der Waals surface area contributed by atoms with Crippen LogP contribution in [0.5, 0.6) is 0 Å². The van der Waals surface area contributed by atoms with Crippen molar-refractivity contribution in [3.63, 3.8) is 0 Å². The van der Waals surface area contributed by atoms with Gasteiger partial charge in [0.1, 0.15) is 13.2 Å². The number of allylic oxidation sites excluding steroid dienone is 3. The largest absolute Gasteiger partial charge is 0.472 e. The van der Waals surface area contributed by atoms with Crippen LogP contribution in [0.3, 0.4) is 0 Å². The molecule has 0 spiro atoms. The summed E-state index contributed by atoms with van der Waals surface area (Å²) in [6.45, 7) is 4.84. The lowest BCUT2D eigenvalue weighted by Crippen LogP contribution is -2.45. The lowest BCUT2D eigenvalue weighted by Gasteiger charge is -2.25. The molecule has 0 aromatic carbocycles. The molecular weight excluding hydrogens is 996 g/mol. The number of amides is 1. The molecule has 0 saturated carbocycles. The van der Waals surface area contributed by atoms with E-state index in [-0.39, 0.29) is 19.1 Å². The Labute approximate surface area is 494 Å². The van der Waals surface area contributed by atoms with Gasteiger partial charge in [-0.2, -0.15) is 0 Å². The highest BCUT2D eigenvalue weighted by molar-refractivity contribution is 7.47. The number of nitrogens with zero attached hydrogens (tertiary/aromatic N) is 1. The van der Waals surface area contributed by atoms with Crippen LogP contribution >= 0.6 is 7.82 Å². The molecule has 0 aromatic heterocycles. The van der Waals surface area contributed by atoms with Crippen LogP contribution in [-0.4, -0.2) is 73.4 Å². The maximum Gasteiger partial charge on any atom is 0.472 e. The SMILES string of the molecule is CCCCCCCCCCCC/C=C/CC/C=C/C(O)C(COP(=O)(O)OCC[N+](C)(C)C)NC(=O)CCCCCCCCCCCCCCCCCCCCCCCCCCCCCCCCCCCCCCCCCCC. The number of unbranched alkanes of at least 4 members (excludes halogenated alkanes) is 51. The lowest BCUT2D eigenvalue weighted by atomic mass is 10.0. The molecular formula is C70H140N2O6P+. The minimum atomic E-state index is -4.35. The van der Waals surface area contributed by atoms with Crippen LogP contribution in [0, 0.1) is 0 Å². The van der Waals surface area contributed by atoms with Gasteiger partial charge in [0.15, 0.2) is 0 Å². The summed E-state index contributed by atoms with van der Waals surface area (Å²) < 4.78 is 23.7. The summed E-state index contributed by atoms with van der Waals surface area (Å²) in [5.41, 5.74) is 0. The highest BCUT2D eigenvalue weighted by atomic mass is 31.2. The molecule has 0 rings (SSSR count). The Balaban J connectivity index is 3.85. The van der Waals surface area contributed by atoms with Crippen LogP contribution in [0.1, 0.15) is 367 Å². The molecule has 0 aromatic rings. The molecule has 0 bridgehead atoms. The van der Waals surface area contributed by atoms with Gasteiger partial charge in [0.05, 0.1) is 39.9 Å². The van der Waals surface area contributed by atoms with Crippen LogP contribution < -0.4 is 5.32 Å². The van der Waals surface area contributed by atoms with E-state index < -0.39 is 20.0 Å². The first-order chi connectivity index (χ1) is 38.5. The molecule has 8 nitrogen and oxygen atoms in total. The zero-order chi connectivity index (χ0) is 57.7. The Hall–Kier alpha value is -1.02. The molecule has 0 fully saturated rings. The van der Waals surface area contributed by atoms with Crippen molar-refractivity contribution in [2.45, 2.75) is 379 Å². The van der Waals surface area contributed by atoms with Crippen molar-refractivity contribution >= 4 is 13.7 Å². The molecule has 0 aliphatic carbocycles. The number of phosphoric ester groups is 1. The summed E-state index contributed by atoms with van der Waals surface area (Å²) in [6.07, 6.45) is 80.8. The Bertz CT molecular complexity index is 1340. The predicted molar refractivity (Wildman–Crippen MR) is 346 cm³/mol. The van der Waals surface area contributed by atoms with Gasteiger partial charge in [0.2, 0.25) is 5.91 Å². The third-order valence-electron chi connectivity index (χ3n) is 16.4. The number of hydrogen-bond acceptors (Lipinski definition) is 5. The Morgan fingerprint density at radius 2 is 0.696 bits per heavy atom. The molecule has 0 radical (unpaired) electrons. The van der Waals surface area contributed by atoms with Gasteiger partial charge in [-0.15, -0.1) is 0 Å². The maximum absolute atomic E-state index is 13.0. The number of phosphoric acid groups is 1. The van der Waals surface area contributed by atoms with E-state index in [1.54, 1.807) is 6.08 Å². The first-order valence-corrected chi connectivity index (χ1v) is 36.7. The van der Waals surface area contributed by atoms with Gasteiger partial charge >= 0.3 is 7.82 Å². The Morgan fingerprint density at radius 3 is 1.01 bits per heavy atom. The zero-order valence-electron chi connectivity index (χ0n) is 53.9. The smallest absolute Gasteiger partial charge is 0.387 e. The standard InChI is InChI=1S/C70H139N2O6P/c1-6-8-10-12-14-16-18-20-22-24-25-26-27-28-29-30-31-32-33-34-35-36-37-38-39-40-41-42-43-44-45-46-47-48-50-52-54-56-58-60-62-64-70(74)71-68(67-78-79(75,76)77-66-65-72(3,4)5)69(73)63-61-59-57-55-53-51-49-23-21-19-17-15-13-11-9-7-2/h53,55,61,63,68-69,73H,6-52,54,56-60,62,64-67H2,1-5H3,(H-,71,74,75,76)/p+1/b55-53+,63-61+. The fourth-order valence-electron chi connectivity index (χ4n) is 10.9. The second kappa shape index (κ2) is 61.5. The van der Waals surface area contributed by atoms with Crippen LogP contribution in [0.4, 0.5) is 0 Å². The third kappa shape index (κ3) is 64.4. The quantitative estimate of drug-likeness (QED) is 0.0243. The molecule has 0 saturated heterocycles. The number of carbonyl (C=O) groups is 1. The molecule has 3 unspecified atom stereocenters. The molecule has 0 aliphatic rings. The summed E-state index contributed by atoms with van der Waals surface area (Å²) in [4.78, 5) is 23.3. The van der Waals surface area contributed by atoms with Crippen molar-refractivity contribution in [3.8, 4) is 0 Å². The van der Waals surface area contributed by atoms with Gasteiger partial charge in [0, 0.05) is 6.42 Å². The van der Waals surface area contributed by atoms with Gasteiger partial charge in [-0.05, 0) is 32.1 Å². The van der Waals surface area contributed by atoms with Crippen molar-refractivity contribution in [3.05, 3.63) is 24.3 Å². The number of quaternary nitrogens is 1. The van der Waals surface area contributed by atoms with Crippen molar-refractivity contribution in [1.29, 1.82) is 0 Å². The van der Waals surface area contributed by atoms with E-state index >= 15 is 0 Å². The minimum absolute atomic E-state index is 0.0588. The second-order valence-electron chi connectivity index (χ2n) is 25.6. The van der Waals surface area contributed by atoms with Gasteiger partial charge in [-0.1, -0.05) is 353 Å². The first kappa shape index (κ1) is 78.0. The summed E-state index contributed by atoms with van der Waals surface area (Å²) >= 11 is 0. The van der Waals surface area contributed by atoms with E-state index in [4.69, 9.17) is 9.05 Å². The van der Waals surface area contributed by atoms with Gasteiger partial charge in [-0.3, -0.25) is 13.8 Å².